The molecule has 0 unspecified atom stereocenters. The summed E-state index contributed by atoms with van der Waals surface area (Å²) in [5, 5.41) is 20.6. The van der Waals surface area contributed by atoms with Gasteiger partial charge in [-0.3, -0.25) is 14.9 Å². The van der Waals surface area contributed by atoms with Crippen molar-refractivity contribution in [3.63, 3.8) is 0 Å². The molecule has 0 bridgehead atoms. The van der Waals surface area contributed by atoms with Crippen LogP contribution in [-0.4, -0.2) is 28.2 Å². The highest BCUT2D eigenvalue weighted by Crippen LogP contribution is 2.23. The van der Waals surface area contributed by atoms with Gasteiger partial charge in [0.25, 0.3) is 0 Å². The normalized spacial score (nSPS) is 12.1. The molecule has 0 heterocycles. The number of hydrogen-bond donors (Lipinski definition) is 3. The average molecular weight is 337 g/mol. The standard InChI is InChI=1S/C11H11BrClNO4/c12-7-3-6(1-2-8(7)13)5-14-9(11(17)18)4-10(15)16/h1-3,9,14H,4-5H2,(H,15,16)(H,17,18)/t9-/m1/s1. The van der Waals surface area contributed by atoms with E-state index in [1.165, 1.54) is 0 Å². The molecule has 0 radical (unpaired) electrons. The zero-order chi connectivity index (χ0) is 13.7. The Bertz CT molecular complexity index is 466. The minimum absolute atomic E-state index is 0.250. The molecule has 0 spiro atoms. The molecule has 1 atom stereocenters. The van der Waals surface area contributed by atoms with Crippen LogP contribution in [0.2, 0.25) is 5.02 Å². The Hall–Kier alpha value is -1.11. The first-order valence-corrected chi connectivity index (χ1v) is 6.19. The van der Waals surface area contributed by atoms with E-state index in [4.69, 9.17) is 21.8 Å². The summed E-state index contributed by atoms with van der Waals surface area (Å²) in [6, 6.07) is 4.04. The molecule has 0 amide bonds. The Labute approximate surface area is 117 Å². The predicted octanol–water partition coefficient (Wildman–Crippen LogP) is 2.12. The van der Waals surface area contributed by atoms with Crippen LogP contribution in [0.3, 0.4) is 0 Å². The summed E-state index contributed by atoms with van der Waals surface area (Å²) in [6.45, 7) is 0.250. The van der Waals surface area contributed by atoms with Gasteiger partial charge in [-0.2, -0.15) is 0 Å². The number of halogens is 2. The van der Waals surface area contributed by atoms with Crippen LogP contribution >= 0.6 is 27.5 Å². The lowest BCUT2D eigenvalue weighted by Crippen LogP contribution is -2.38. The molecule has 0 aliphatic rings. The molecule has 1 rings (SSSR count). The molecule has 0 fully saturated rings. The Morgan fingerprint density at radius 2 is 2.06 bits per heavy atom. The largest absolute Gasteiger partial charge is 0.481 e. The number of benzene rings is 1. The first-order valence-electron chi connectivity index (χ1n) is 5.02. The fourth-order valence-electron chi connectivity index (χ4n) is 1.31. The highest BCUT2D eigenvalue weighted by molar-refractivity contribution is 9.10. The van der Waals surface area contributed by atoms with Gasteiger partial charge in [0.15, 0.2) is 0 Å². The van der Waals surface area contributed by atoms with Gasteiger partial charge in [-0.25, -0.2) is 0 Å². The SMILES string of the molecule is O=C(O)C[C@@H](NCc1ccc(Cl)c(Br)c1)C(=O)O. The second-order valence-corrected chi connectivity index (χ2v) is 4.88. The molecule has 18 heavy (non-hydrogen) atoms. The molecule has 5 nitrogen and oxygen atoms in total. The van der Waals surface area contributed by atoms with E-state index in [0.29, 0.717) is 9.50 Å². The molecule has 3 N–H and O–H groups in total. The number of hydrogen-bond acceptors (Lipinski definition) is 3. The van der Waals surface area contributed by atoms with E-state index in [1.807, 2.05) is 0 Å². The molecule has 0 aliphatic heterocycles. The summed E-state index contributed by atoms with van der Waals surface area (Å²) in [5.41, 5.74) is 0.808. The topological polar surface area (TPSA) is 86.6 Å². The molecule has 0 saturated heterocycles. The third kappa shape index (κ3) is 4.64. The lowest BCUT2D eigenvalue weighted by atomic mass is 10.1. The maximum Gasteiger partial charge on any atom is 0.321 e. The van der Waals surface area contributed by atoms with E-state index in [0.717, 1.165) is 5.56 Å². The van der Waals surface area contributed by atoms with Gasteiger partial charge in [-0.15, -0.1) is 0 Å². The van der Waals surface area contributed by atoms with Crippen LogP contribution in [0.5, 0.6) is 0 Å². The zero-order valence-corrected chi connectivity index (χ0v) is 11.5. The van der Waals surface area contributed by atoms with Gasteiger partial charge >= 0.3 is 11.9 Å². The van der Waals surface area contributed by atoms with E-state index in [2.05, 4.69) is 21.2 Å². The van der Waals surface area contributed by atoms with Crippen molar-refractivity contribution in [3.05, 3.63) is 33.3 Å². The highest BCUT2D eigenvalue weighted by Gasteiger charge is 2.20. The summed E-state index contributed by atoms with van der Waals surface area (Å²) in [5.74, 6) is -2.35. The minimum Gasteiger partial charge on any atom is -0.481 e. The van der Waals surface area contributed by atoms with Gasteiger partial charge in [0.2, 0.25) is 0 Å². The molecular formula is C11H11BrClNO4. The van der Waals surface area contributed by atoms with Crippen molar-refractivity contribution in [2.75, 3.05) is 0 Å². The van der Waals surface area contributed by atoms with Gasteiger partial charge < -0.3 is 10.2 Å². The van der Waals surface area contributed by atoms with Crippen LogP contribution in [0.4, 0.5) is 0 Å². The van der Waals surface area contributed by atoms with Crippen molar-refractivity contribution in [3.8, 4) is 0 Å². The Kier molecular flexibility index (Phi) is 5.58. The lowest BCUT2D eigenvalue weighted by Gasteiger charge is -2.12. The fourth-order valence-corrected chi connectivity index (χ4v) is 1.86. The predicted molar refractivity (Wildman–Crippen MR) is 69.7 cm³/mol. The van der Waals surface area contributed by atoms with Crippen molar-refractivity contribution in [2.45, 2.75) is 19.0 Å². The number of carbonyl (C=O) groups is 2. The molecule has 0 aromatic heterocycles. The molecule has 7 heteroatoms. The average Bonchev–Trinajstić information content (AvgIpc) is 2.28. The number of rotatable bonds is 6. The Morgan fingerprint density at radius 1 is 1.39 bits per heavy atom. The fraction of sp³-hybridized carbons (Fsp3) is 0.273. The van der Waals surface area contributed by atoms with Gasteiger partial charge in [0.1, 0.15) is 6.04 Å². The summed E-state index contributed by atoms with van der Waals surface area (Å²) in [7, 11) is 0. The van der Waals surface area contributed by atoms with Crippen molar-refractivity contribution in [2.24, 2.45) is 0 Å². The number of nitrogens with one attached hydrogen (secondary N) is 1. The summed E-state index contributed by atoms with van der Waals surface area (Å²) in [4.78, 5) is 21.3. The maximum absolute atomic E-state index is 10.8. The molecule has 1 aromatic rings. The van der Waals surface area contributed by atoms with Gasteiger partial charge in [-0.1, -0.05) is 17.7 Å². The summed E-state index contributed by atoms with van der Waals surface area (Å²) < 4.78 is 0.702. The van der Waals surface area contributed by atoms with Crippen molar-refractivity contribution in [1.29, 1.82) is 0 Å². The molecule has 1 aromatic carbocycles. The second-order valence-electron chi connectivity index (χ2n) is 3.62. The van der Waals surface area contributed by atoms with Crippen LogP contribution in [0.1, 0.15) is 12.0 Å². The highest BCUT2D eigenvalue weighted by atomic mass is 79.9. The van der Waals surface area contributed by atoms with Crippen molar-refractivity contribution < 1.29 is 19.8 Å². The number of aliphatic carboxylic acids is 2. The van der Waals surface area contributed by atoms with Crippen molar-refractivity contribution in [1.82, 2.24) is 5.32 Å². The van der Waals surface area contributed by atoms with E-state index in [1.54, 1.807) is 18.2 Å². The van der Waals surface area contributed by atoms with E-state index >= 15 is 0 Å². The Morgan fingerprint density at radius 3 is 2.56 bits per heavy atom. The van der Waals surface area contributed by atoms with Crippen LogP contribution in [-0.2, 0) is 16.1 Å². The van der Waals surface area contributed by atoms with Crippen LogP contribution in [0.15, 0.2) is 22.7 Å². The van der Waals surface area contributed by atoms with Gasteiger partial charge in [0, 0.05) is 11.0 Å². The summed E-state index contributed by atoms with van der Waals surface area (Å²) >= 11 is 9.08. The van der Waals surface area contributed by atoms with Crippen molar-refractivity contribution >= 4 is 39.5 Å². The molecule has 0 saturated carbocycles. The minimum atomic E-state index is -1.19. The van der Waals surface area contributed by atoms with Gasteiger partial charge in [-0.05, 0) is 33.6 Å². The monoisotopic (exact) mass is 335 g/mol. The Balaban J connectivity index is 2.64. The van der Waals surface area contributed by atoms with Crippen LogP contribution < -0.4 is 5.32 Å². The second kappa shape index (κ2) is 6.72. The molecule has 0 aliphatic carbocycles. The summed E-state index contributed by atoms with van der Waals surface area (Å²) in [6.07, 6.45) is -0.468. The maximum atomic E-state index is 10.8. The van der Waals surface area contributed by atoms with E-state index in [9.17, 15) is 9.59 Å². The number of carboxylic acid groups (broad SMARTS) is 2. The third-order valence-electron chi connectivity index (χ3n) is 2.21. The van der Waals surface area contributed by atoms with E-state index < -0.39 is 24.4 Å². The first-order chi connectivity index (χ1) is 8.40. The smallest absolute Gasteiger partial charge is 0.321 e. The molecular weight excluding hydrogens is 325 g/mol. The third-order valence-corrected chi connectivity index (χ3v) is 3.43. The molecule has 98 valence electrons. The quantitative estimate of drug-likeness (QED) is 0.741. The van der Waals surface area contributed by atoms with Crippen LogP contribution in [0.25, 0.3) is 0 Å². The first kappa shape index (κ1) is 14.9. The van der Waals surface area contributed by atoms with E-state index in [-0.39, 0.29) is 6.54 Å². The van der Waals surface area contributed by atoms with Crippen LogP contribution in [0, 0.1) is 0 Å². The van der Waals surface area contributed by atoms with Gasteiger partial charge in [0.05, 0.1) is 11.4 Å². The number of carboxylic acids is 2. The zero-order valence-electron chi connectivity index (χ0n) is 9.19. The lowest BCUT2D eigenvalue weighted by molar-refractivity contribution is -0.146.